The van der Waals surface area contributed by atoms with Gasteiger partial charge in [0, 0.05) is 18.3 Å². The molecule has 8 nitrogen and oxygen atoms in total. The minimum absolute atomic E-state index is 0.0884. The second kappa shape index (κ2) is 13.3. The smallest absolute Gasteiger partial charge is 0.311 e. The van der Waals surface area contributed by atoms with Gasteiger partial charge >= 0.3 is 5.97 Å². The number of amides is 1. The van der Waals surface area contributed by atoms with Crippen molar-refractivity contribution in [1.29, 1.82) is 0 Å². The molecular formula is C19H34N2O6. The minimum Gasteiger partial charge on any atom is -0.550 e. The average Bonchev–Trinajstić information content (AvgIpc) is 2.58. The van der Waals surface area contributed by atoms with Gasteiger partial charge in [-0.3, -0.25) is 9.59 Å². The number of carbonyl (C=O) groups excluding carboxylic acids is 2. The Bertz CT molecular complexity index is 484. The zero-order valence-corrected chi connectivity index (χ0v) is 16.6. The van der Waals surface area contributed by atoms with Gasteiger partial charge in [0.2, 0.25) is 5.91 Å². The van der Waals surface area contributed by atoms with Crippen molar-refractivity contribution in [1.82, 2.24) is 5.32 Å². The molecule has 0 aromatic heterocycles. The van der Waals surface area contributed by atoms with Crippen molar-refractivity contribution in [2.24, 2.45) is 11.8 Å². The minimum atomic E-state index is -1.22. The predicted molar refractivity (Wildman–Crippen MR) is 99.5 cm³/mol. The molecular weight excluding hydrogens is 352 g/mol. The van der Waals surface area contributed by atoms with Gasteiger partial charge < -0.3 is 29.9 Å². The molecule has 3 unspecified atom stereocenters. The molecule has 0 heterocycles. The molecule has 0 bridgehead atoms. The number of rotatable bonds is 15. The van der Waals surface area contributed by atoms with E-state index in [1.165, 1.54) is 6.92 Å². The van der Waals surface area contributed by atoms with E-state index in [2.05, 4.69) is 12.2 Å². The number of aliphatic hydroxyl groups is 1. The molecule has 0 radical (unpaired) electrons. The summed E-state index contributed by atoms with van der Waals surface area (Å²) < 4.78 is 0.0884. The van der Waals surface area contributed by atoms with E-state index in [4.69, 9.17) is 0 Å². The number of hydrogen-bond donors (Lipinski definition) is 3. The van der Waals surface area contributed by atoms with Crippen molar-refractivity contribution in [3.8, 4) is 0 Å². The molecule has 27 heavy (non-hydrogen) atoms. The molecule has 156 valence electrons. The first kappa shape index (κ1) is 25.1. The van der Waals surface area contributed by atoms with Crippen LogP contribution in [0.4, 0.5) is 0 Å². The molecule has 8 heteroatoms. The number of carbonyl (C=O) groups is 3. The van der Waals surface area contributed by atoms with Gasteiger partial charge in [0.25, 0.3) is 0 Å². The van der Waals surface area contributed by atoms with E-state index in [0.717, 1.165) is 12.8 Å². The summed E-state index contributed by atoms with van der Waals surface area (Å²) in [5.41, 5.74) is 0. The van der Waals surface area contributed by atoms with Gasteiger partial charge in [0.05, 0.1) is 32.8 Å². The summed E-state index contributed by atoms with van der Waals surface area (Å²) in [6.45, 7) is 6.01. The maximum Gasteiger partial charge on any atom is 0.311 e. The van der Waals surface area contributed by atoms with Crippen LogP contribution >= 0.6 is 0 Å². The lowest BCUT2D eigenvalue weighted by molar-refractivity contribution is -0.931. The monoisotopic (exact) mass is 386 g/mol. The summed E-state index contributed by atoms with van der Waals surface area (Å²) in [6.07, 6.45) is 5.94. The van der Waals surface area contributed by atoms with Crippen molar-refractivity contribution in [2.45, 2.75) is 40.0 Å². The first-order chi connectivity index (χ1) is 12.7. The Kier molecular flexibility index (Phi) is 12.3. The highest BCUT2D eigenvalue weighted by Crippen LogP contribution is 2.16. The van der Waals surface area contributed by atoms with E-state index in [1.54, 1.807) is 13.0 Å². The fourth-order valence-electron chi connectivity index (χ4n) is 3.06. The first-order valence-corrected chi connectivity index (χ1v) is 9.48. The molecule has 0 aromatic carbocycles. The second-order valence-electron chi connectivity index (χ2n) is 7.15. The number of aliphatic carboxylic acids is 2. The number of nitrogens with zero attached hydrogens (tertiary/aromatic N) is 1. The Labute approximate surface area is 161 Å². The van der Waals surface area contributed by atoms with Crippen LogP contribution in [0.5, 0.6) is 0 Å². The first-order valence-electron chi connectivity index (χ1n) is 9.48. The maximum atomic E-state index is 11.9. The number of nitrogens with one attached hydrogen (secondary N) is 1. The number of carboxylic acids is 2. The lowest BCUT2D eigenvalue weighted by Crippen LogP contribution is -2.59. The lowest BCUT2D eigenvalue weighted by Gasteiger charge is -2.41. The summed E-state index contributed by atoms with van der Waals surface area (Å²) in [6, 6.07) is 0. The Morgan fingerprint density at radius 2 is 1.74 bits per heavy atom. The van der Waals surface area contributed by atoms with Crippen LogP contribution in [-0.2, 0) is 14.4 Å². The molecule has 0 aromatic rings. The van der Waals surface area contributed by atoms with Gasteiger partial charge in [-0.25, -0.2) is 0 Å². The van der Waals surface area contributed by atoms with Crippen LogP contribution in [0.2, 0.25) is 0 Å². The molecule has 3 atom stereocenters. The van der Waals surface area contributed by atoms with Crippen molar-refractivity contribution < 1.29 is 34.2 Å². The molecule has 0 saturated carbocycles. The predicted octanol–water partition coefficient (Wildman–Crippen LogP) is -0.235. The number of unbranched alkanes of at least 4 members (excludes halogenated alkanes) is 1. The van der Waals surface area contributed by atoms with E-state index in [9.17, 15) is 29.7 Å². The van der Waals surface area contributed by atoms with E-state index in [-0.39, 0.29) is 49.6 Å². The summed E-state index contributed by atoms with van der Waals surface area (Å²) in [5.74, 6) is -3.86. The molecule has 0 fully saturated rings. The standard InChI is InChI=1S/C19H34N2O6/c1-4-5-6-7-8-17(23)20-9-10-21(11-12-22,13-15(2)18(24)25)14-16(3)19(26)27/h6-7,15-16,22H,4-5,8-14H2,1-3H3,(H2-,20,23,24,25,26,27)/b7-6+. The van der Waals surface area contributed by atoms with Crippen molar-refractivity contribution in [3.63, 3.8) is 0 Å². The van der Waals surface area contributed by atoms with Gasteiger partial charge in [0.15, 0.2) is 0 Å². The third-order valence-corrected chi connectivity index (χ3v) is 4.55. The molecule has 0 aliphatic carbocycles. The number of allylic oxidation sites excluding steroid dienone is 1. The summed E-state index contributed by atoms with van der Waals surface area (Å²) >= 11 is 0. The van der Waals surface area contributed by atoms with Crippen LogP contribution in [0, 0.1) is 11.8 Å². The zero-order chi connectivity index (χ0) is 20.9. The van der Waals surface area contributed by atoms with Crippen LogP contribution in [-0.4, -0.2) is 71.9 Å². The molecule has 0 spiro atoms. The fourth-order valence-corrected chi connectivity index (χ4v) is 3.06. The van der Waals surface area contributed by atoms with Gasteiger partial charge in [-0.05, 0) is 13.3 Å². The van der Waals surface area contributed by atoms with Crippen LogP contribution in [0.15, 0.2) is 12.2 Å². The fraction of sp³-hybridized carbons (Fsp3) is 0.737. The highest BCUT2D eigenvalue weighted by Gasteiger charge is 2.33. The number of carboxylic acid groups (broad SMARTS) is 2. The molecule has 1 amide bonds. The van der Waals surface area contributed by atoms with E-state index < -0.39 is 23.8 Å². The van der Waals surface area contributed by atoms with Gasteiger partial charge in [-0.2, -0.15) is 0 Å². The molecule has 0 rings (SSSR count). The third kappa shape index (κ3) is 10.7. The van der Waals surface area contributed by atoms with Crippen molar-refractivity contribution in [3.05, 3.63) is 12.2 Å². The van der Waals surface area contributed by atoms with E-state index >= 15 is 0 Å². The molecule has 0 aliphatic heterocycles. The highest BCUT2D eigenvalue weighted by molar-refractivity contribution is 5.77. The lowest BCUT2D eigenvalue weighted by atomic mass is 10.1. The van der Waals surface area contributed by atoms with Crippen LogP contribution in [0.3, 0.4) is 0 Å². The van der Waals surface area contributed by atoms with E-state index in [0.29, 0.717) is 6.54 Å². The Morgan fingerprint density at radius 1 is 1.11 bits per heavy atom. The largest absolute Gasteiger partial charge is 0.550 e. The third-order valence-electron chi connectivity index (χ3n) is 4.55. The van der Waals surface area contributed by atoms with Crippen LogP contribution in [0.25, 0.3) is 0 Å². The van der Waals surface area contributed by atoms with Crippen LogP contribution < -0.4 is 10.4 Å². The quantitative estimate of drug-likeness (QED) is 0.263. The Morgan fingerprint density at radius 3 is 2.26 bits per heavy atom. The number of quaternary nitrogens is 1. The molecule has 3 N–H and O–H groups in total. The SMILES string of the molecule is CCC/C=C/CC(=O)NCC[N+](CCO)(CC(C)C(=O)[O-])CC(C)C(=O)O. The Balaban J connectivity index is 5.01. The van der Waals surface area contributed by atoms with Gasteiger partial charge in [0.1, 0.15) is 12.5 Å². The van der Waals surface area contributed by atoms with Crippen molar-refractivity contribution in [2.75, 3.05) is 39.3 Å². The zero-order valence-electron chi connectivity index (χ0n) is 16.6. The number of aliphatic hydroxyl groups excluding tert-OH is 1. The number of hydrogen-bond acceptors (Lipinski definition) is 5. The van der Waals surface area contributed by atoms with Gasteiger partial charge in [-0.1, -0.05) is 32.4 Å². The maximum absolute atomic E-state index is 11.9. The van der Waals surface area contributed by atoms with Crippen molar-refractivity contribution >= 4 is 17.8 Å². The topological polar surface area (TPSA) is 127 Å². The highest BCUT2D eigenvalue weighted by atomic mass is 16.4. The Hall–Kier alpha value is -1.93. The summed E-state index contributed by atoms with van der Waals surface area (Å²) in [5, 5.41) is 32.6. The summed E-state index contributed by atoms with van der Waals surface area (Å²) in [7, 11) is 0. The molecule has 0 saturated heterocycles. The van der Waals surface area contributed by atoms with Gasteiger partial charge in [-0.15, -0.1) is 0 Å². The normalized spacial score (nSPS) is 15.9. The second-order valence-corrected chi connectivity index (χ2v) is 7.15. The average molecular weight is 386 g/mol. The van der Waals surface area contributed by atoms with Crippen LogP contribution in [0.1, 0.15) is 40.0 Å². The summed E-state index contributed by atoms with van der Waals surface area (Å²) in [4.78, 5) is 34.3. The molecule has 0 aliphatic rings. The van der Waals surface area contributed by atoms with E-state index in [1.807, 2.05) is 6.08 Å².